The zero-order valence-corrected chi connectivity index (χ0v) is 44.3. The fourth-order valence-electron chi connectivity index (χ4n) is 6.96. The maximum Gasteiger partial charge on any atom is 0.306 e. The van der Waals surface area contributed by atoms with E-state index < -0.39 is 6.10 Å². The summed E-state index contributed by atoms with van der Waals surface area (Å²) in [5.41, 5.74) is 0. The highest BCUT2D eigenvalue weighted by atomic mass is 16.6. The van der Waals surface area contributed by atoms with Crippen LogP contribution in [-0.4, -0.2) is 37.2 Å². The van der Waals surface area contributed by atoms with Crippen molar-refractivity contribution < 1.29 is 28.6 Å². The summed E-state index contributed by atoms with van der Waals surface area (Å²) < 4.78 is 16.8. The Balaban J connectivity index is 4.59. The normalized spacial score (nSPS) is 13.1. The van der Waals surface area contributed by atoms with E-state index in [4.69, 9.17) is 14.2 Å². The van der Waals surface area contributed by atoms with Crippen LogP contribution in [0.4, 0.5) is 0 Å². The smallest absolute Gasteiger partial charge is 0.306 e. The van der Waals surface area contributed by atoms with Crippen molar-refractivity contribution in [2.45, 2.75) is 232 Å². The Morgan fingerprint density at radius 1 is 0.304 bits per heavy atom. The van der Waals surface area contributed by atoms with Crippen molar-refractivity contribution >= 4 is 17.9 Å². The molecule has 0 amide bonds. The molecule has 0 saturated carbocycles. The SMILES string of the molecule is CC/C=C\C/C=C\C/C=C\C/C=C\C/C=C\CCCCCC(=O)OC[C@H](COC(=O)CCCCCCC/C=C\C/C=C\CCCCC)OC(=O)CCC/C=C\C/C=C\C/C=C\C/C=C\CCCCC. The van der Waals surface area contributed by atoms with Gasteiger partial charge >= 0.3 is 17.9 Å². The molecule has 0 saturated heterocycles. The lowest BCUT2D eigenvalue weighted by Crippen LogP contribution is -2.30. The lowest BCUT2D eigenvalue weighted by molar-refractivity contribution is -0.167. The van der Waals surface area contributed by atoms with Crippen molar-refractivity contribution in [1.82, 2.24) is 0 Å². The van der Waals surface area contributed by atoms with E-state index >= 15 is 0 Å². The summed E-state index contributed by atoms with van der Waals surface area (Å²) in [4.78, 5) is 38.1. The van der Waals surface area contributed by atoms with E-state index in [9.17, 15) is 14.4 Å². The Hall–Kier alpha value is -4.45. The molecular weight excluding hydrogens is 853 g/mol. The molecule has 0 aliphatic heterocycles. The lowest BCUT2D eigenvalue weighted by Gasteiger charge is -2.18. The second-order valence-corrected chi connectivity index (χ2v) is 17.7. The van der Waals surface area contributed by atoms with Gasteiger partial charge in [0.2, 0.25) is 0 Å². The van der Waals surface area contributed by atoms with Crippen LogP contribution in [0.15, 0.2) is 134 Å². The minimum absolute atomic E-state index is 0.122. The average Bonchev–Trinajstić information content (AvgIpc) is 3.35. The third kappa shape index (κ3) is 54.4. The van der Waals surface area contributed by atoms with Gasteiger partial charge < -0.3 is 14.2 Å². The minimum Gasteiger partial charge on any atom is -0.462 e. The van der Waals surface area contributed by atoms with Gasteiger partial charge in [-0.1, -0.05) is 206 Å². The van der Waals surface area contributed by atoms with Crippen molar-refractivity contribution in [3.05, 3.63) is 134 Å². The number of esters is 3. The summed E-state index contributed by atoms with van der Waals surface area (Å²) in [6.45, 7) is 6.37. The van der Waals surface area contributed by atoms with Crippen LogP contribution in [0, 0.1) is 0 Å². The highest BCUT2D eigenvalue weighted by Crippen LogP contribution is 2.12. The standard InChI is InChI=1S/C63H100O6/c1-4-7-10-13-16-19-22-25-28-30-31-33-35-38-41-44-47-50-53-56-62(65)68-59-60(58-67-61(64)55-52-49-46-43-40-37-34-27-24-21-18-15-12-9-6-3)69-63(66)57-54-51-48-45-42-39-36-32-29-26-23-20-17-14-11-8-5-2/h7,10,16-21,25-29,31,33-34,36,38-39,41,45,48,60H,4-6,8-9,11-15,22-24,30,32,35,37,40,42-44,46-47,49-59H2,1-3H3/b10-7-,19-16-,20-17-,21-18-,28-25-,29-26-,33-31-,34-27-,39-36-,41-38-,48-45-/t60-/m0/s1. The Bertz CT molecular complexity index is 1510. The fraction of sp³-hybridized carbons (Fsp3) is 0.603. The molecule has 0 aromatic rings. The predicted molar refractivity (Wildman–Crippen MR) is 297 cm³/mol. The van der Waals surface area contributed by atoms with E-state index in [-0.39, 0.29) is 37.5 Å². The van der Waals surface area contributed by atoms with Crippen molar-refractivity contribution in [1.29, 1.82) is 0 Å². The summed E-state index contributed by atoms with van der Waals surface area (Å²) in [7, 11) is 0. The molecule has 69 heavy (non-hydrogen) atoms. The summed E-state index contributed by atoms with van der Waals surface area (Å²) in [5, 5.41) is 0. The van der Waals surface area contributed by atoms with Gasteiger partial charge in [-0.15, -0.1) is 0 Å². The predicted octanol–water partition coefficient (Wildman–Crippen LogP) is 18.6. The van der Waals surface area contributed by atoms with Gasteiger partial charge in [-0.3, -0.25) is 14.4 Å². The Kier molecular flexibility index (Phi) is 52.5. The third-order valence-electron chi connectivity index (χ3n) is 11.1. The largest absolute Gasteiger partial charge is 0.462 e. The number of ether oxygens (including phenoxy) is 3. The molecule has 0 aromatic carbocycles. The molecule has 0 rings (SSSR count). The van der Waals surface area contributed by atoms with Crippen LogP contribution in [0.1, 0.15) is 226 Å². The maximum absolute atomic E-state index is 12.8. The molecule has 0 radical (unpaired) electrons. The fourth-order valence-corrected chi connectivity index (χ4v) is 6.96. The van der Waals surface area contributed by atoms with Gasteiger partial charge in [0.1, 0.15) is 13.2 Å². The van der Waals surface area contributed by atoms with E-state index in [0.717, 1.165) is 128 Å². The first-order chi connectivity index (χ1) is 34.0. The van der Waals surface area contributed by atoms with Gasteiger partial charge in [0.15, 0.2) is 6.10 Å². The van der Waals surface area contributed by atoms with Crippen LogP contribution in [0.25, 0.3) is 0 Å². The molecule has 0 fully saturated rings. The number of hydrogen-bond acceptors (Lipinski definition) is 6. The van der Waals surface area contributed by atoms with Gasteiger partial charge in [0.25, 0.3) is 0 Å². The Morgan fingerprint density at radius 3 is 0.942 bits per heavy atom. The number of unbranched alkanes of at least 4 members (excludes halogenated alkanes) is 15. The van der Waals surface area contributed by atoms with Crippen molar-refractivity contribution in [3.8, 4) is 0 Å². The van der Waals surface area contributed by atoms with Crippen LogP contribution in [-0.2, 0) is 28.6 Å². The van der Waals surface area contributed by atoms with Crippen molar-refractivity contribution in [2.24, 2.45) is 0 Å². The van der Waals surface area contributed by atoms with Crippen LogP contribution in [0.5, 0.6) is 0 Å². The van der Waals surface area contributed by atoms with Crippen molar-refractivity contribution in [3.63, 3.8) is 0 Å². The van der Waals surface area contributed by atoms with Crippen LogP contribution in [0.2, 0.25) is 0 Å². The van der Waals surface area contributed by atoms with E-state index in [0.29, 0.717) is 19.3 Å². The molecule has 0 aliphatic rings. The molecule has 0 bridgehead atoms. The minimum atomic E-state index is -0.832. The lowest BCUT2D eigenvalue weighted by atomic mass is 10.1. The summed E-state index contributed by atoms with van der Waals surface area (Å²) in [6, 6.07) is 0. The molecule has 0 unspecified atom stereocenters. The Labute approximate surface area is 424 Å². The summed E-state index contributed by atoms with van der Waals surface area (Å²) >= 11 is 0. The molecule has 0 N–H and O–H groups in total. The molecule has 0 spiro atoms. The number of hydrogen-bond donors (Lipinski definition) is 0. The van der Waals surface area contributed by atoms with E-state index in [2.05, 4.69) is 154 Å². The van der Waals surface area contributed by atoms with Crippen LogP contribution >= 0.6 is 0 Å². The highest BCUT2D eigenvalue weighted by Gasteiger charge is 2.19. The van der Waals surface area contributed by atoms with Gasteiger partial charge in [0.05, 0.1) is 0 Å². The van der Waals surface area contributed by atoms with Gasteiger partial charge in [-0.2, -0.15) is 0 Å². The second kappa shape index (κ2) is 56.1. The first-order valence-corrected chi connectivity index (χ1v) is 27.7. The molecule has 6 nitrogen and oxygen atoms in total. The topological polar surface area (TPSA) is 78.9 Å². The molecule has 0 aliphatic carbocycles. The zero-order chi connectivity index (χ0) is 50.0. The molecule has 1 atom stereocenters. The zero-order valence-electron chi connectivity index (χ0n) is 44.3. The number of carbonyl (C=O) groups excluding carboxylic acids is 3. The number of allylic oxidation sites excluding steroid dienone is 22. The first-order valence-electron chi connectivity index (χ1n) is 27.7. The second-order valence-electron chi connectivity index (χ2n) is 17.7. The number of rotatable bonds is 48. The van der Waals surface area contributed by atoms with Gasteiger partial charge in [-0.25, -0.2) is 0 Å². The quantitative estimate of drug-likeness (QED) is 0.0262. The molecular formula is C63H100O6. The van der Waals surface area contributed by atoms with Gasteiger partial charge in [0, 0.05) is 19.3 Å². The summed E-state index contributed by atoms with van der Waals surface area (Å²) in [6.07, 6.45) is 78.6. The van der Waals surface area contributed by atoms with E-state index in [1.807, 2.05) is 0 Å². The monoisotopic (exact) mass is 953 g/mol. The molecule has 6 heteroatoms. The maximum atomic E-state index is 12.8. The van der Waals surface area contributed by atoms with Crippen LogP contribution in [0.3, 0.4) is 0 Å². The molecule has 388 valence electrons. The van der Waals surface area contributed by atoms with E-state index in [1.54, 1.807) is 0 Å². The molecule has 0 heterocycles. The van der Waals surface area contributed by atoms with Crippen LogP contribution < -0.4 is 0 Å². The molecule has 0 aromatic heterocycles. The number of carbonyl (C=O) groups is 3. The average molecular weight is 953 g/mol. The van der Waals surface area contributed by atoms with E-state index in [1.165, 1.54) is 51.4 Å². The van der Waals surface area contributed by atoms with Crippen molar-refractivity contribution in [2.75, 3.05) is 13.2 Å². The van der Waals surface area contributed by atoms with Gasteiger partial charge in [-0.05, 0) is 135 Å². The summed E-state index contributed by atoms with van der Waals surface area (Å²) in [5.74, 6) is -1.03. The Morgan fingerprint density at radius 2 is 0.580 bits per heavy atom. The first kappa shape index (κ1) is 64.5. The highest BCUT2D eigenvalue weighted by molar-refractivity contribution is 5.71. The third-order valence-corrected chi connectivity index (χ3v) is 11.1.